The second-order valence-electron chi connectivity index (χ2n) is 4.85. The molecule has 0 unspecified atom stereocenters. The fourth-order valence-electron chi connectivity index (χ4n) is 2.76. The molecule has 6 heteroatoms. The molecule has 2 saturated heterocycles. The zero-order valence-electron chi connectivity index (χ0n) is 9.91. The second kappa shape index (κ2) is 4.89. The van der Waals surface area contributed by atoms with Crippen molar-refractivity contribution in [2.24, 2.45) is 0 Å². The smallest absolute Gasteiger partial charge is 0.220 e. The summed E-state index contributed by atoms with van der Waals surface area (Å²) in [6.45, 7) is 2.91. The van der Waals surface area contributed by atoms with Gasteiger partial charge in [-0.25, -0.2) is 0 Å². The van der Waals surface area contributed by atoms with E-state index in [1.54, 1.807) is 6.92 Å². The van der Waals surface area contributed by atoms with Crippen LogP contribution in [0.5, 0.6) is 0 Å². The number of amides is 1. The molecule has 0 bridgehead atoms. The highest BCUT2D eigenvalue weighted by molar-refractivity contribution is 5.76. The van der Waals surface area contributed by atoms with Crippen molar-refractivity contribution >= 4 is 5.91 Å². The zero-order valence-corrected chi connectivity index (χ0v) is 9.91. The van der Waals surface area contributed by atoms with Crippen molar-refractivity contribution in [2.45, 2.75) is 50.2 Å². The average Bonchev–Trinajstić information content (AvgIpc) is 2.67. The quantitative estimate of drug-likeness (QED) is 0.453. The van der Waals surface area contributed by atoms with Crippen LogP contribution in [-0.4, -0.2) is 69.6 Å². The van der Waals surface area contributed by atoms with Crippen molar-refractivity contribution in [3.05, 3.63) is 0 Å². The van der Waals surface area contributed by atoms with Crippen molar-refractivity contribution in [1.29, 1.82) is 0 Å². The standard InChI is InChI=1S/C11H20N2O4/c1-2-8(15)12-6-5-13-4-3-7(14)9(13)11(17)10(6)16/h6-7,9-11,14,16-17H,2-5H2,1H3,(H,12,15)/t6-,7-,9+,10+,11+/m0/s1. The fourth-order valence-corrected chi connectivity index (χ4v) is 2.76. The van der Waals surface area contributed by atoms with Crippen LogP contribution in [0.1, 0.15) is 19.8 Å². The minimum atomic E-state index is -1.01. The van der Waals surface area contributed by atoms with Gasteiger partial charge in [-0.2, -0.15) is 0 Å². The molecule has 0 aliphatic carbocycles. The summed E-state index contributed by atoms with van der Waals surface area (Å²) in [5.74, 6) is -0.139. The first-order valence-electron chi connectivity index (χ1n) is 6.12. The maximum Gasteiger partial charge on any atom is 0.220 e. The van der Waals surface area contributed by atoms with E-state index in [0.29, 0.717) is 25.9 Å². The molecule has 1 amide bonds. The maximum absolute atomic E-state index is 11.3. The normalized spacial score (nSPS) is 42.2. The predicted octanol–water partition coefficient (Wildman–Crippen LogP) is -1.95. The zero-order chi connectivity index (χ0) is 12.6. The molecular weight excluding hydrogens is 224 g/mol. The third-order valence-corrected chi connectivity index (χ3v) is 3.74. The lowest BCUT2D eigenvalue weighted by Gasteiger charge is -2.43. The van der Waals surface area contributed by atoms with E-state index in [9.17, 15) is 20.1 Å². The lowest BCUT2D eigenvalue weighted by Crippen LogP contribution is -2.65. The van der Waals surface area contributed by atoms with Gasteiger partial charge >= 0.3 is 0 Å². The molecule has 2 aliphatic heterocycles. The van der Waals surface area contributed by atoms with Crippen LogP contribution in [0.15, 0.2) is 0 Å². The van der Waals surface area contributed by atoms with E-state index in [4.69, 9.17) is 0 Å². The molecule has 2 rings (SSSR count). The Labute approximate surface area is 100 Å². The van der Waals surface area contributed by atoms with Crippen LogP contribution in [-0.2, 0) is 4.79 Å². The first kappa shape index (κ1) is 12.8. The topological polar surface area (TPSA) is 93.0 Å². The summed E-state index contributed by atoms with van der Waals surface area (Å²) in [4.78, 5) is 13.3. The van der Waals surface area contributed by atoms with Gasteiger partial charge in [0.1, 0.15) is 6.10 Å². The minimum Gasteiger partial charge on any atom is -0.391 e. The van der Waals surface area contributed by atoms with Gasteiger partial charge < -0.3 is 20.6 Å². The van der Waals surface area contributed by atoms with Crippen LogP contribution in [0.3, 0.4) is 0 Å². The number of aliphatic hydroxyl groups excluding tert-OH is 3. The summed E-state index contributed by atoms with van der Waals surface area (Å²) < 4.78 is 0. The highest BCUT2D eigenvalue weighted by atomic mass is 16.3. The summed E-state index contributed by atoms with van der Waals surface area (Å²) >= 11 is 0. The summed E-state index contributed by atoms with van der Waals surface area (Å²) in [6, 6.07) is -0.862. The van der Waals surface area contributed by atoms with Gasteiger partial charge in [-0.3, -0.25) is 9.69 Å². The van der Waals surface area contributed by atoms with E-state index in [2.05, 4.69) is 5.32 Å². The Bertz CT molecular complexity index is 299. The van der Waals surface area contributed by atoms with Crippen molar-refractivity contribution < 1.29 is 20.1 Å². The van der Waals surface area contributed by atoms with E-state index in [1.807, 2.05) is 4.90 Å². The van der Waals surface area contributed by atoms with Gasteiger partial charge in [0.25, 0.3) is 0 Å². The van der Waals surface area contributed by atoms with Gasteiger partial charge in [-0.1, -0.05) is 6.92 Å². The summed E-state index contributed by atoms with van der Waals surface area (Å²) in [6.07, 6.45) is -1.67. The number of aliphatic hydroxyl groups is 3. The maximum atomic E-state index is 11.3. The van der Waals surface area contributed by atoms with Crippen LogP contribution < -0.4 is 5.32 Å². The SMILES string of the molecule is CCC(=O)N[C@H]1CN2CC[C@H](O)[C@@H]2[C@@H](O)[C@@H]1O. The van der Waals surface area contributed by atoms with Crippen molar-refractivity contribution in [3.63, 3.8) is 0 Å². The number of piperidine rings is 1. The molecule has 0 spiro atoms. The predicted molar refractivity (Wildman–Crippen MR) is 60.2 cm³/mol. The van der Waals surface area contributed by atoms with Crippen LogP contribution in [0.25, 0.3) is 0 Å². The minimum absolute atomic E-state index is 0.139. The Kier molecular flexibility index (Phi) is 3.67. The van der Waals surface area contributed by atoms with Crippen LogP contribution >= 0.6 is 0 Å². The average molecular weight is 244 g/mol. The van der Waals surface area contributed by atoms with E-state index in [1.165, 1.54) is 0 Å². The molecule has 4 N–H and O–H groups in total. The highest BCUT2D eigenvalue weighted by Gasteiger charge is 2.48. The molecule has 6 nitrogen and oxygen atoms in total. The molecule has 5 atom stereocenters. The summed E-state index contributed by atoms with van der Waals surface area (Å²) in [5.41, 5.74) is 0. The first-order valence-corrected chi connectivity index (χ1v) is 6.12. The van der Waals surface area contributed by atoms with Gasteiger partial charge in [0, 0.05) is 19.5 Å². The molecule has 0 aromatic heterocycles. The molecular formula is C11H20N2O4. The van der Waals surface area contributed by atoms with E-state index in [-0.39, 0.29) is 5.91 Å². The lowest BCUT2D eigenvalue weighted by atomic mass is 9.91. The Balaban J connectivity index is 2.05. The number of nitrogens with zero attached hydrogens (tertiary/aromatic N) is 1. The van der Waals surface area contributed by atoms with E-state index in [0.717, 1.165) is 0 Å². The Morgan fingerprint density at radius 2 is 2.06 bits per heavy atom. The van der Waals surface area contributed by atoms with E-state index < -0.39 is 30.4 Å². The monoisotopic (exact) mass is 244 g/mol. The molecule has 0 aromatic carbocycles. The number of hydrogen-bond donors (Lipinski definition) is 4. The Morgan fingerprint density at radius 1 is 1.35 bits per heavy atom. The highest BCUT2D eigenvalue weighted by Crippen LogP contribution is 2.28. The molecule has 0 radical (unpaired) electrons. The third kappa shape index (κ3) is 2.30. The summed E-state index contributed by atoms with van der Waals surface area (Å²) in [5, 5.41) is 32.3. The van der Waals surface area contributed by atoms with Gasteiger partial charge in [0.15, 0.2) is 0 Å². The van der Waals surface area contributed by atoms with Crippen LogP contribution in [0.2, 0.25) is 0 Å². The largest absolute Gasteiger partial charge is 0.391 e. The number of hydrogen-bond acceptors (Lipinski definition) is 5. The molecule has 2 fully saturated rings. The molecule has 2 heterocycles. The van der Waals surface area contributed by atoms with Gasteiger partial charge in [-0.15, -0.1) is 0 Å². The number of carbonyl (C=O) groups excluding carboxylic acids is 1. The van der Waals surface area contributed by atoms with Crippen LogP contribution in [0, 0.1) is 0 Å². The van der Waals surface area contributed by atoms with Gasteiger partial charge in [-0.05, 0) is 6.42 Å². The molecule has 0 aromatic rings. The summed E-state index contributed by atoms with van der Waals surface area (Å²) in [7, 11) is 0. The molecule has 2 aliphatic rings. The van der Waals surface area contributed by atoms with Crippen molar-refractivity contribution in [1.82, 2.24) is 10.2 Å². The molecule has 0 saturated carbocycles. The van der Waals surface area contributed by atoms with Crippen molar-refractivity contribution in [2.75, 3.05) is 13.1 Å². The molecule has 17 heavy (non-hydrogen) atoms. The molecule has 98 valence electrons. The fraction of sp³-hybridized carbons (Fsp3) is 0.909. The first-order chi connectivity index (χ1) is 8.04. The van der Waals surface area contributed by atoms with E-state index >= 15 is 0 Å². The number of nitrogens with one attached hydrogen (secondary N) is 1. The van der Waals surface area contributed by atoms with Gasteiger partial charge in [0.2, 0.25) is 5.91 Å². The second-order valence-corrected chi connectivity index (χ2v) is 4.85. The Hall–Kier alpha value is -0.690. The number of fused-ring (bicyclic) bond motifs is 1. The lowest BCUT2D eigenvalue weighted by molar-refractivity contribution is -0.129. The Morgan fingerprint density at radius 3 is 2.71 bits per heavy atom. The third-order valence-electron chi connectivity index (χ3n) is 3.74. The number of carbonyl (C=O) groups is 1. The number of rotatable bonds is 2. The van der Waals surface area contributed by atoms with Crippen molar-refractivity contribution in [3.8, 4) is 0 Å². The van der Waals surface area contributed by atoms with Crippen LogP contribution in [0.4, 0.5) is 0 Å². The van der Waals surface area contributed by atoms with Gasteiger partial charge in [0.05, 0.1) is 24.3 Å².